The van der Waals surface area contributed by atoms with Crippen molar-refractivity contribution in [3.05, 3.63) is 65.5 Å². The number of carbonyl (C=O) groups is 6. The van der Waals surface area contributed by atoms with Gasteiger partial charge in [0.2, 0.25) is 17.8 Å². The summed E-state index contributed by atoms with van der Waals surface area (Å²) in [5.41, 5.74) is 6.94. The molecule has 1 aliphatic carbocycles. The lowest BCUT2D eigenvalue weighted by Crippen LogP contribution is -2.54. The van der Waals surface area contributed by atoms with Crippen molar-refractivity contribution in [3.63, 3.8) is 0 Å². The van der Waals surface area contributed by atoms with Crippen LogP contribution in [0.4, 0.5) is 27.9 Å². The van der Waals surface area contributed by atoms with E-state index in [9.17, 15) is 28.8 Å². The first-order valence-corrected chi connectivity index (χ1v) is 22.5. The minimum Gasteiger partial charge on any atom is -0.497 e. The number of amides is 6. The molecule has 7 N–H and O–H groups in total. The number of imidazole rings is 1. The number of fused-ring (bicyclic) bond motifs is 2. The van der Waals surface area contributed by atoms with Gasteiger partial charge in [-0.05, 0) is 52.2 Å². The van der Waals surface area contributed by atoms with Gasteiger partial charge in [-0.1, -0.05) is 18.9 Å². The molecule has 0 bridgehead atoms. The molecule has 3 atom stereocenters. The number of hydrogen-bond donors (Lipinski definition) is 6. The van der Waals surface area contributed by atoms with Gasteiger partial charge in [-0.2, -0.15) is 4.98 Å². The van der Waals surface area contributed by atoms with Gasteiger partial charge in [-0.3, -0.25) is 38.6 Å². The highest BCUT2D eigenvalue weighted by molar-refractivity contribution is 6.25. The number of alkyl carbamates (subject to hydrolysis) is 1. The Balaban J connectivity index is 0.839. The number of rotatable bonds is 22. The first kappa shape index (κ1) is 48.9. The van der Waals surface area contributed by atoms with Gasteiger partial charge in [0.25, 0.3) is 17.7 Å². The number of primary amides is 1. The van der Waals surface area contributed by atoms with Gasteiger partial charge in [0, 0.05) is 61.0 Å². The minimum absolute atomic E-state index is 0.0440. The zero-order chi connectivity index (χ0) is 48.4. The number of nitrogens with zero attached hydrogens (tertiary/aromatic N) is 4. The van der Waals surface area contributed by atoms with Crippen molar-refractivity contribution in [2.75, 3.05) is 75.9 Å². The smallest absolute Gasteiger partial charge is 0.407 e. The van der Waals surface area contributed by atoms with Crippen LogP contribution in [0.25, 0.3) is 5.65 Å². The number of aromatic nitrogens is 3. The first-order chi connectivity index (χ1) is 32.7. The van der Waals surface area contributed by atoms with E-state index >= 15 is 0 Å². The molecule has 2 fully saturated rings. The molecule has 1 saturated heterocycles. The summed E-state index contributed by atoms with van der Waals surface area (Å²) in [4.78, 5) is 86.1. The summed E-state index contributed by atoms with van der Waals surface area (Å²) in [5.74, 6) is -1.50. The molecule has 22 heteroatoms. The van der Waals surface area contributed by atoms with Crippen LogP contribution in [0.15, 0.2) is 48.8 Å². The second-order valence-corrected chi connectivity index (χ2v) is 17.2. The number of nitrogens with one attached hydrogen (secondary N) is 5. The van der Waals surface area contributed by atoms with Crippen LogP contribution < -0.4 is 41.8 Å². The molecule has 1 unspecified atom stereocenters. The molecule has 4 heterocycles. The molecule has 0 spiro atoms. The minimum atomic E-state index is -1.04. The average Bonchev–Trinajstić information content (AvgIpc) is 3.87. The molecule has 7 rings (SSSR count). The quantitative estimate of drug-likeness (QED) is 0.0483. The van der Waals surface area contributed by atoms with Gasteiger partial charge in [0.15, 0.2) is 11.5 Å². The summed E-state index contributed by atoms with van der Waals surface area (Å²) in [5, 5.41) is 15.0. The zero-order valence-corrected chi connectivity index (χ0v) is 38.5. The van der Waals surface area contributed by atoms with Crippen LogP contribution in [0.2, 0.25) is 0 Å². The summed E-state index contributed by atoms with van der Waals surface area (Å²) < 4.78 is 35.7. The number of ether oxygens (including phenoxy) is 6. The molecule has 68 heavy (non-hydrogen) atoms. The Labute approximate surface area is 392 Å². The highest BCUT2D eigenvalue weighted by atomic mass is 16.6. The lowest BCUT2D eigenvalue weighted by molar-refractivity contribution is -0.136. The topological polar surface area (TPSA) is 277 Å². The maximum Gasteiger partial charge on any atom is 0.407 e. The van der Waals surface area contributed by atoms with E-state index in [2.05, 4.69) is 31.6 Å². The van der Waals surface area contributed by atoms with Crippen molar-refractivity contribution in [3.8, 4) is 11.5 Å². The van der Waals surface area contributed by atoms with Gasteiger partial charge in [0.05, 0.1) is 63.9 Å². The molecular weight excluding hydrogens is 885 g/mol. The Morgan fingerprint density at radius 2 is 1.59 bits per heavy atom. The average molecular weight is 943 g/mol. The molecule has 4 aromatic rings. The fourth-order valence-corrected chi connectivity index (χ4v) is 8.16. The van der Waals surface area contributed by atoms with Crippen LogP contribution in [-0.2, 0) is 28.5 Å². The highest BCUT2D eigenvalue weighted by Gasteiger charge is 2.45. The number of piperidine rings is 1. The van der Waals surface area contributed by atoms with Crippen LogP contribution in [0.3, 0.4) is 0 Å². The van der Waals surface area contributed by atoms with E-state index in [-0.39, 0.29) is 60.6 Å². The first-order valence-electron chi connectivity index (χ1n) is 22.5. The maximum absolute atomic E-state index is 13.3. The van der Waals surface area contributed by atoms with Crippen LogP contribution in [0.1, 0.15) is 90.4 Å². The Morgan fingerprint density at radius 1 is 0.882 bits per heavy atom. The number of imide groups is 2. The number of hydrogen-bond acceptors (Lipinski definition) is 17. The summed E-state index contributed by atoms with van der Waals surface area (Å²) >= 11 is 0. The van der Waals surface area contributed by atoms with Crippen molar-refractivity contribution in [2.24, 2.45) is 5.73 Å². The predicted octanol–water partition coefficient (Wildman–Crippen LogP) is 3.77. The van der Waals surface area contributed by atoms with Crippen LogP contribution in [0.5, 0.6) is 11.5 Å². The Kier molecular flexibility index (Phi) is 15.9. The SMILES string of the molecule is COc1cc(Nc2nc(N[C@H]3CCCC[C@H]3NC(=O)OC(C)(C)C)n3ccnc3c2C(N)=O)cc(OCCOCCOCCOCCNc2cccc3c2C(=O)N(C2CCC(=O)NC2=O)C3=O)c1. The summed E-state index contributed by atoms with van der Waals surface area (Å²) in [6.45, 7) is 7.80. The summed E-state index contributed by atoms with van der Waals surface area (Å²) in [6.07, 6.45) is 6.24. The van der Waals surface area contributed by atoms with E-state index in [1.807, 2.05) is 20.8 Å². The Morgan fingerprint density at radius 3 is 2.29 bits per heavy atom. The third kappa shape index (κ3) is 12.1. The number of nitrogens with two attached hydrogens (primary N) is 1. The van der Waals surface area contributed by atoms with Crippen molar-refractivity contribution >= 4 is 64.4 Å². The molecule has 2 aromatic heterocycles. The maximum atomic E-state index is 13.3. The van der Waals surface area contributed by atoms with Crippen molar-refractivity contribution in [2.45, 2.75) is 83.0 Å². The number of benzene rings is 2. The van der Waals surface area contributed by atoms with Gasteiger partial charge in [0.1, 0.15) is 35.3 Å². The number of carbonyl (C=O) groups excluding carboxylic acids is 6. The number of methoxy groups -OCH3 is 1. The second kappa shape index (κ2) is 22.2. The van der Waals surface area contributed by atoms with Gasteiger partial charge < -0.3 is 55.4 Å². The van der Waals surface area contributed by atoms with Crippen LogP contribution in [-0.4, -0.2) is 139 Å². The summed E-state index contributed by atoms with van der Waals surface area (Å²) in [7, 11) is 1.52. The zero-order valence-electron chi connectivity index (χ0n) is 38.5. The molecular formula is C46H58N10O12. The molecule has 3 aliphatic rings. The number of anilines is 4. The summed E-state index contributed by atoms with van der Waals surface area (Å²) in [6, 6.07) is 8.56. The Bertz CT molecular complexity index is 2510. The van der Waals surface area contributed by atoms with Crippen LogP contribution in [0, 0.1) is 0 Å². The molecule has 22 nitrogen and oxygen atoms in total. The lowest BCUT2D eigenvalue weighted by atomic mass is 9.90. The van der Waals surface area contributed by atoms with E-state index in [4.69, 9.17) is 39.1 Å². The molecule has 364 valence electrons. The standard InChI is InChI=1S/C46H58N10O12/c1-46(2,3)68-45(62)52-32-10-6-5-9-31(32)51-44-54-39(37(38(47)58)40-49-14-16-55(40)44)50-27-24-28(63-4)26-29(25-27)67-23-22-66-21-20-65-19-18-64-17-15-48-33-11-7-8-30-36(33)43(61)56(42(30)60)34-12-13-35(57)53-41(34)59/h7-8,11,14,16,24-26,31-32,34,48,50H,5-6,9-10,12-13,15,17-23H2,1-4H3,(H2,47,58)(H,51,54)(H,52,62)(H,53,57,59)/t31-,32+,34?/m0/s1. The Hall–Kier alpha value is -7.04. The molecule has 6 amide bonds. The normalized spacial score (nSPS) is 18.2. The van der Waals surface area contributed by atoms with Gasteiger partial charge >= 0.3 is 6.09 Å². The van der Waals surface area contributed by atoms with Crippen LogP contribution >= 0.6 is 0 Å². The fraction of sp³-hybridized carbons (Fsp3) is 0.478. The second-order valence-electron chi connectivity index (χ2n) is 17.2. The highest BCUT2D eigenvalue weighted by Crippen LogP contribution is 2.34. The van der Waals surface area contributed by atoms with Gasteiger partial charge in [-0.25, -0.2) is 9.78 Å². The van der Waals surface area contributed by atoms with Crippen molar-refractivity contribution in [1.82, 2.24) is 29.9 Å². The lowest BCUT2D eigenvalue weighted by Gasteiger charge is -2.34. The molecule has 0 radical (unpaired) electrons. The molecule has 2 aliphatic heterocycles. The van der Waals surface area contributed by atoms with E-state index in [0.717, 1.165) is 30.6 Å². The van der Waals surface area contributed by atoms with E-state index in [1.54, 1.807) is 47.1 Å². The predicted molar refractivity (Wildman–Crippen MR) is 246 cm³/mol. The largest absolute Gasteiger partial charge is 0.497 e. The fourth-order valence-electron chi connectivity index (χ4n) is 8.16. The molecule has 1 saturated carbocycles. The van der Waals surface area contributed by atoms with E-state index in [0.29, 0.717) is 74.0 Å². The van der Waals surface area contributed by atoms with Crippen molar-refractivity contribution in [1.29, 1.82) is 0 Å². The molecule has 2 aromatic carbocycles. The third-order valence-corrected chi connectivity index (χ3v) is 11.2. The van der Waals surface area contributed by atoms with E-state index < -0.39 is 47.3 Å². The van der Waals surface area contributed by atoms with Gasteiger partial charge in [-0.15, -0.1) is 0 Å². The van der Waals surface area contributed by atoms with Crippen molar-refractivity contribution < 1.29 is 57.2 Å². The third-order valence-electron chi connectivity index (χ3n) is 11.2. The van der Waals surface area contributed by atoms with E-state index in [1.165, 1.54) is 13.2 Å². The monoisotopic (exact) mass is 942 g/mol.